The number of hydrogen-bond donors (Lipinski definition) is 1. The third-order valence-electron chi connectivity index (χ3n) is 3.24. The highest BCUT2D eigenvalue weighted by molar-refractivity contribution is 6.32. The summed E-state index contributed by atoms with van der Waals surface area (Å²) in [6.45, 7) is 1.91. The van der Waals surface area contributed by atoms with Crippen molar-refractivity contribution in [1.29, 1.82) is 0 Å². The molecule has 0 spiro atoms. The third kappa shape index (κ3) is 2.74. The number of halogens is 1. The highest BCUT2D eigenvalue weighted by Crippen LogP contribution is 2.35. The van der Waals surface area contributed by atoms with Crippen LogP contribution < -0.4 is 9.47 Å². The summed E-state index contributed by atoms with van der Waals surface area (Å²) in [5, 5.41) is 11.1. The normalized spacial score (nSPS) is 12.1. The minimum atomic E-state index is -0.804. The first-order chi connectivity index (χ1) is 9.58. The van der Waals surface area contributed by atoms with E-state index in [9.17, 15) is 5.11 Å². The minimum Gasteiger partial charge on any atom is -0.493 e. The Bertz CT molecular complexity index is 611. The Kier molecular flexibility index (Phi) is 4.53. The van der Waals surface area contributed by atoms with E-state index in [0.717, 1.165) is 5.56 Å². The molecule has 0 aromatic heterocycles. The predicted octanol–water partition coefficient (Wildman–Crippen LogP) is 3.75. The van der Waals surface area contributed by atoms with Crippen LogP contribution in [0.25, 0.3) is 0 Å². The molecule has 0 saturated carbocycles. The molecule has 3 nitrogen and oxygen atoms in total. The van der Waals surface area contributed by atoms with Crippen LogP contribution >= 0.6 is 11.6 Å². The van der Waals surface area contributed by atoms with Crippen LogP contribution in [-0.2, 0) is 0 Å². The van der Waals surface area contributed by atoms with Crippen molar-refractivity contribution in [2.45, 2.75) is 13.0 Å². The molecule has 1 unspecified atom stereocenters. The van der Waals surface area contributed by atoms with Gasteiger partial charge in [0.1, 0.15) is 6.10 Å². The zero-order valence-electron chi connectivity index (χ0n) is 11.7. The Morgan fingerprint density at radius 1 is 1.05 bits per heavy atom. The molecule has 0 radical (unpaired) electrons. The van der Waals surface area contributed by atoms with E-state index in [1.165, 1.54) is 0 Å². The quantitative estimate of drug-likeness (QED) is 0.933. The van der Waals surface area contributed by atoms with Crippen LogP contribution in [0.5, 0.6) is 11.5 Å². The number of aliphatic hydroxyl groups excluding tert-OH is 1. The zero-order chi connectivity index (χ0) is 14.7. The van der Waals surface area contributed by atoms with Crippen LogP contribution in [0.15, 0.2) is 36.4 Å². The van der Waals surface area contributed by atoms with E-state index in [4.69, 9.17) is 21.1 Å². The van der Waals surface area contributed by atoms with Gasteiger partial charge in [-0.2, -0.15) is 0 Å². The Labute approximate surface area is 123 Å². The standard InChI is InChI=1S/C16H17ClO3/c1-10-5-4-6-12(15(10)17)16(18)11-7-8-13(19-2)14(9-11)20-3/h4-9,16,18H,1-3H3. The lowest BCUT2D eigenvalue weighted by atomic mass is 9.99. The molecule has 0 bridgehead atoms. The molecule has 0 aliphatic heterocycles. The van der Waals surface area contributed by atoms with Crippen molar-refractivity contribution >= 4 is 11.6 Å². The number of benzene rings is 2. The van der Waals surface area contributed by atoms with E-state index in [1.54, 1.807) is 32.4 Å². The summed E-state index contributed by atoms with van der Waals surface area (Å²) in [4.78, 5) is 0. The molecule has 0 amide bonds. The maximum atomic E-state index is 10.5. The molecule has 2 aromatic rings. The first-order valence-corrected chi connectivity index (χ1v) is 6.61. The molecule has 2 rings (SSSR count). The van der Waals surface area contributed by atoms with E-state index in [-0.39, 0.29) is 0 Å². The van der Waals surface area contributed by atoms with E-state index in [1.807, 2.05) is 25.1 Å². The van der Waals surface area contributed by atoms with Crippen molar-refractivity contribution in [1.82, 2.24) is 0 Å². The highest BCUT2D eigenvalue weighted by atomic mass is 35.5. The lowest BCUT2D eigenvalue weighted by Crippen LogP contribution is -2.02. The second kappa shape index (κ2) is 6.16. The molecule has 0 aliphatic rings. The molecule has 4 heteroatoms. The second-order valence-corrected chi connectivity index (χ2v) is 4.87. The van der Waals surface area contributed by atoms with Gasteiger partial charge in [-0.1, -0.05) is 35.9 Å². The molecule has 0 saturated heterocycles. The Hall–Kier alpha value is -1.71. The van der Waals surface area contributed by atoms with Gasteiger partial charge in [-0.05, 0) is 30.2 Å². The molecular formula is C16H17ClO3. The lowest BCUT2D eigenvalue weighted by Gasteiger charge is -2.16. The minimum absolute atomic E-state index is 0.577. The monoisotopic (exact) mass is 292 g/mol. The topological polar surface area (TPSA) is 38.7 Å². The Morgan fingerprint density at radius 2 is 1.75 bits per heavy atom. The number of rotatable bonds is 4. The third-order valence-corrected chi connectivity index (χ3v) is 3.76. The van der Waals surface area contributed by atoms with Crippen molar-refractivity contribution in [3.8, 4) is 11.5 Å². The van der Waals surface area contributed by atoms with Gasteiger partial charge in [-0.15, -0.1) is 0 Å². The summed E-state index contributed by atoms with van der Waals surface area (Å²) < 4.78 is 10.4. The van der Waals surface area contributed by atoms with Gasteiger partial charge in [0.15, 0.2) is 11.5 Å². The van der Waals surface area contributed by atoms with Crippen LogP contribution in [-0.4, -0.2) is 19.3 Å². The van der Waals surface area contributed by atoms with Crippen molar-refractivity contribution < 1.29 is 14.6 Å². The molecule has 106 valence electrons. The fourth-order valence-corrected chi connectivity index (χ4v) is 2.31. The predicted molar refractivity (Wildman–Crippen MR) is 79.8 cm³/mol. The largest absolute Gasteiger partial charge is 0.493 e. The fraction of sp³-hybridized carbons (Fsp3) is 0.250. The van der Waals surface area contributed by atoms with Crippen LogP contribution in [0, 0.1) is 6.92 Å². The van der Waals surface area contributed by atoms with Crippen molar-refractivity contribution in [2.75, 3.05) is 14.2 Å². The number of methoxy groups -OCH3 is 2. The average Bonchev–Trinajstić information content (AvgIpc) is 2.48. The number of ether oxygens (including phenoxy) is 2. The molecular weight excluding hydrogens is 276 g/mol. The molecule has 1 N–H and O–H groups in total. The van der Waals surface area contributed by atoms with E-state index >= 15 is 0 Å². The van der Waals surface area contributed by atoms with Gasteiger partial charge in [0.25, 0.3) is 0 Å². The summed E-state index contributed by atoms with van der Waals surface area (Å²) >= 11 is 6.25. The van der Waals surface area contributed by atoms with Gasteiger partial charge < -0.3 is 14.6 Å². The molecule has 0 heterocycles. The van der Waals surface area contributed by atoms with Crippen molar-refractivity contribution in [3.05, 3.63) is 58.1 Å². The summed E-state index contributed by atoms with van der Waals surface area (Å²) in [5.41, 5.74) is 2.32. The lowest BCUT2D eigenvalue weighted by molar-refractivity contribution is 0.219. The first-order valence-electron chi connectivity index (χ1n) is 6.23. The first kappa shape index (κ1) is 14.7. The summed E-state index contributed by atoms with van der Waals surface area (Å²) in [6, 6.07) is 10.9. The van der Waals surface area contributed by atoms with Gasteiger partial charge in [-0.3, -0.25) is 0 Å². The fourth-order valence-electron chi connectivity index (χ4n) is 2.08. The van der Waals surface area contributed by atoms with Crippen LogP contribution in [0.3, 0.4) is 0 Å². The summed E-state index contributed by atoms with van der Waals surface area (Å²) in [6.07, 6.45) is -0.804. The maximum absolute atomic E-state index is 10.5. The van der Waals surface area contributed by atoms with Crippen LogP contribution in [0.2, 0.25) is 5.02 Å². The van der Waals surface area contributed by atoms with Crippen LogP contribution in [0.4, 0.5) is 0 Å². The van der Waals surface area contributed by atoms with Gasteiger partial charge in [0, 0.05) is 10.6 Å². The molecule has 2 aromatic carbocycles. The van der Waals surface area contributed by atoms with Gasteiger partial charge in [0.05, 0.1) is 14.2 Å². The van der Waals surface area contributed by atoms with Crippen molar-refractivity contribution in [3.63, 3.8) is 0 Å². The van der Waals surface area contributed by atoms with Gasteiger partial charge in [-0.25, -0.2) is 0 Å². The maximum Gasteiger partial charge on any atom is 0.161 e. The van der Waals surface area contributed by atoms with E-state index in [2.05, 4.69) is 0 Å². The molecule has 1 atom stereocenters. The second-order valence-electron chi connectivity index (χ2n) is 4.50. The average molecular weight is 293 g/mol. The van der Waals surface area contributed by atoms with Crippen LogP contribution in [0.1, 0.15) is 22.8 Å². The van der Waals surface area contributed by atoms with Crippen molar-refractivity contribution in [2.24, 2.45) is 0 Å². The number of aliphatic hydroxyl groups is 1. The molecule has 0 aliphatic carbocycles. The van der Waals surface area contributed by atoms with E-state index < -0.39 is 6.10 Å². The van der Waals surface area contributed by atoms with E-state index in [0.29, 0.717) is 27.6 Å². The van der Waals surface area contributed by atoms with Gasteiger partial charge in [0.2, 0.25) is 0 Å². The Morgan fingerprint density at radius 3 is 2.40 bits per heavy atom. The molecule has 20 heavy (non-hydrogen) atoms. The smallest absolute Gasteiger partial charge is 0.161 e. The SMILES string of the molecule is COc1ccc(C(O)c2cccc(C)c2Cl)cc1OC. The number of hydrogen-bond acceptors (Lipinski definition) is 3. The summed E-state index contributed by atoms with van der Waals surface area (Å²) in [5.74, 6) is 1.20. The highest BCUT2D eigenvalue weighted by Gasteiger charge is 2.17. The Balaban J connectivity index is 2.43. The molecule has 0 fully saturated rings. The summed E-state index contributed by atoms with van der Waals surface area (Å²) in [7, 11) is 3.14. The zero-order valence-corrected chi connectivity index (χ0v) is 12.4. The van der Waals surface area contributed by atoms with Gasteiger partial charge >= 0.3 is 0 Å². The number of aryl methyl sites for hydroxylation is 1.